The van der Waals surface area contributed by atoms with Crippen LogP contribution in [0.4, 0.5) is 0 Å². The van der Waals surface area contributed by atoms with Crippen LogP contribution in [0, 0.1) is 0 Å². The zero-order valence-electron chi connectivity index (χ0n) is 13.9. The second-order valence-electron chi connectivity index (χ2n) is 4.75. The van der Waals surface area contributed by atoms with Crippen molar-refractivity contribution in [1.82, 2.24) is 5.32 Å². The average molecular weight is 347 g/mol. The average Bonchev–Trinajstić information content (AvgIpc) is 3.14. The summed E-state index contributed by atoms with van der Waals surface area (Å²) in [4.78, 5) is 23.4. The molecule has 2 rings (SSSR count). The monoisotopic (exact) mass is 347 g/mol. The highest BCUT2D eigenvalue weighted by Gasteiger charge is 2.17. The molecule has 0 bridgehead atoms. The van der Waals surface area contributed by atoms with E-state index in [1.54, 1.807) is 12.1 Å². The number of ether oxygens (including phenoxy) is 3. The molecule has 2 aromatic rings. The molecule has 0 atom stereocenters. The highest BCUT2D eigenvalue weighted by Crippen LogP contribution is 2.38. The summed E-state index contributed by atoms with van der Waals surface area (Å²) in [6, 6.07) is 6.07. The van der Waals surface area contributed by atoms with Gasteiger partial charge < -0.3 is 29.1 Å². The van der Waals surface area contributed by atoms with Crippen LogP contribution in [0.5, 0.6) is 17.2 Å². The number of carboxylic acids is 1. The first-order chi connectivity index (χ1) is 12.0. The van der Waals surface area contributed by atoms with Gasteiger partial charge >= 0.3 is 5.97 Å². The highest BCUT2D eigenvalue weighted by atomic mass is 16.5. The number of hydrogen-bond donors (Lipinski definition) is 2. The maximum atomic E-state index is 12.0. The van der Waals surface area contributed by atoms with Gasteiger partial charge in [0.25, 0.3) is 5.91 Å². The lowest BCUT2D eigenvalue weighted by Gasteiger charge is -2.13. The van der Waals surface area contributed by atoms with Crippen LogP contribution in [0.25, 0.3) is 6.08 Å². The first kappa shape index (κ1) is 17.9. The minimum Gasteiger partial charge on any atom is -0.493 e. The van der Waals surface area contributed by atoms with Crippen LogP contribution in [0.1, 0.15) is 16.1 Å². The van der Waals surface area contributed by atoms with Gasteiger partial charge in [0.05, 0.1) is 27.6 Å². The first-order valence-electron chi connectivity index (χ1n) is 7.10. The van der Waals surface area contributed by atoms with E-state index in [4.69, 9.17) is 18.6 Å². The van der Waals surface area contributed by atoms with Gasteiger partial charge in [0, 0.05) is 0 Å². The Labute approximate surface area is 143 Å². The summed E-state index contributed by atoms with van der Waals surface area (Å²) in [5.41, 5.74) is 0.0994. The summed E-state index contributed by atoms with van der Waals surface area (Å²) in [6.07, 6.45) is 2.59. The molecule has 0 aliphatic carbocycles. The Morgan fingerprint density at radius 3 is 2.20 bits per heavy atom. The number of carbonyl (C=O) groups excluding carboxylic acids is 1. The molecular formula is C17H17NO7. The van der Waals surface area contributed by atoms with E-state index in [0.29, 0.717) is 22.8 Å². The van der Waals surface area contributed by atoms with Crippen LogP contribution in [0.2, 0.25) is 0 Å². The first-order valence-corrected chi connectivity index (χ1v) is 7.10. The number of carboxylic acid groups (broad SMARTS) is 1. The predicted octanol–water partition coefficient (Wildman–Crippen LogP) is 2.16. The summed E-state index contributed by atoms with van der Waals surface area (Å²) < 4.78 is 20.6. The largest absolute Gasteiger partial charge is 0.493 e. The molecular weight excluding hydrogens is 330 g/mol. The lowest BCUT2D eigenvalue weighted by atomic mass is 10.1. The van der Waals surface area contributed by atoms with Crippen molar-refractivity contribution in [2.24, 2.45) is 0 Å². The summed E-state index contributed by atoms with van der Waals surface area (Å²) in [7, 11) is 4.35. The van der Waals surface area contributed by atoms with E-state index in [1.165, 1.54) is 45.8 Å². The fourth-order valence-corrected chi connectivity index (χ4v) is 2.09. The molecule has 0 aliphatic rings. The van der Waals surface area contributed by atoms with Crippen LogP contribution in [-0.4, -0.2) is 38.3 Å². The van der Waals surface area contributed by atoms with Crippen molar-refractivity contribution < 1.29 is 33.3 Å². The molecule has 0 saturated heterocycles. The van der Waals surface area contributed by atoms with Crippen molar-refractivity contribution >= 4 is 18.0 Å². The third-order valence-corrected chi connectivity index (χ3v) is 3.22. The standard InChI is InChI=1S/C17H17NO7/c1-22-13-8-10(9-14(23-2)15(13)24-3)7-11(17(20)21)18-16(19)12-5-4-6-25-12/h4-9H,1-3H3,(H,18,19)(H,20,21)/b11-7-. The zero-order valence-corrected chi connectivity index (χ0v) is 13.9. The van der Waals surface area contributed by atoms with Crippen molar-refractivity contribution in [2.45, 2.75) is 0 Å². The van der Waals surface area contributed by atoms with Crippen molar-refractivity contribution in [3.05, 3.63) is 47.5 Å². The van der Waals surface area contributed by atoms with Gasteiger partial charge in [-0.25, -0.2) is 4.79 Å². The molecule has 2 N–H and O–H groups in total. The van der Waals surface area contributed by atoms with Gasteiger partial charge in [-0.3, -0.25) is 4.79 Å². The molecule has 8 heteroatoms. The lowest BCUT2D eigenvalue weighted by Crippen LogP contribution is -2.26. The normalized spacial score (nSPS) is 10.9. The molecule has 1 aromatic heterocycles. The smallest absolute Gasteiger partial charge is 0.352 e. The van der Waals surface area contributed by atoms with E-state index in [1.807, 2.05) is 0 Å². The number of carbonyl (C=O) groups is 2. The van der Waals surface area contributed by atoms with E-state index in [9.17, 15) is 14.7 Å². The van der Waals surface area contributed by atoms with Crippen LogP contribution in [0.3, 0.4) is 0 Å². The van der Waals surface area contributed by atoms with E-state index in [0.717, 1.165) is 0 Å². The lowest BCUT2D eigenvalue weighted by molar-refractivity contribution is -0.132. The number of hydrogen-bond acceptors (Lipinski definition) is 6. The van der Waals surface area contributed by atoms with E-state index in [2.05, 4.69) is 5.32 Å². The Bertz CT molecular complexity index is 768. The minimum absolute atomic E-state index is 0.00274. The van der Waals surface area contributed by atoms with Gasteiger partial charge in [-0.15, -0.1) is 0 Å². The van der Waals surface area contributed by atoms with Gasteiger partial charge in [0.2, 0.25) is 5.75 Å². The van der Waals surface area contributed by atoms with E-state index in [-0.39, 0.29) is 11.5 Å². The number of benzene rings is 1. The van der Waals surface area contributed by atoms with Crippen molar-refractivity contribution in [3.63, 3.8) is 0 Å². The number of nitrogens with one attached hydrogen (secondary N) is 1. The second-order valence-corrected chi connectivity index (χ2v) is 4.75. The molecule has 0 saturated carbocycles. The Hall–Kier alpha value is -3.42. The third-order valence-electron chi connectivity index (χ3n) is 3.22. The quantitative estimate of drug-likeness (QED) is 0.739. The van der Waals surface area contributed by atoms with Crippen LogP contribution in [0.15, 0.2) is 40.6 Å². The van der Waals surface area contributed by atoms with Gasteiger partial charge in [-0.05, 0) is 35.9 Å². The predicted molar refractivity (Wildman–Crippen MR) is 87.9 cm³/mol. The molecule has 8 nitrogen and oxygen atoms in total. The number of furan rings is 1. The minimum atomic E-state index is -1.31. The maximum Gasteiger partial charge on any atom is 0.352 e. The molecule has 25 heavy (non-hydrogen) atoms. The zero-order chi connectivity index (χ0) is 18.4. The van der Waals surface area contributed by atoms with Crippen molar-refractivity contribution in [3.8, 4) is 17.2 Å². The molecule has 0 radical (unpaired) electrons. The van der Waals surface area contributed by atoms with Gasteiger partial charge in [0.1, 0.15) is 5.70 Å². The van der Waals surface area contributed by atoms with Crippen LogP contribution >= 0.6 is 0 Å². The van der Waals surface area contributed by atoms with Crippen molar-refractivity contribution in [2.75, 3.05) is 21.3 Å². The fraction of sp³-hybridized carbons (Fsp3) is 0.176. The Kier molecular flexibility index (Phi) is 5.67. The number of amides is 1. The third kappa shape index (κ3) is 4.11. The van der Waals surface area contributed by atoms with Crippen LogP contribution < -0.4 is 19.5 Å². The molecule has 1 aromatic carbocycles. The van der Waals surface area contributed by atoms with E-state index >= 15 is 0 Å². The Balaban J connectivity index is 2.39. The number of methoxy groups -OCH3 is 3. The SMILES string of the molecule is COc1cc(/C=C(\NC(=O)c2ccco2)C(=O)O)cc(OC)c1OC. The second kappa shape index (κ2) is 7.91. The molecule has 132 valence electrons. The molecule has 0 spiro atoms. The topological polar surface area (TPSA) is 107 Å². The summed E-state index contributed by atoms with van der Waals surface area (Å²) in [6.45, 7) is 0. The maximum absolute atomic E-state index is 12.0. The van der Waals surface area contributed by atoms with Crippen LogP contribution in [-0.2, 0) is 4.79 Å². The number of rotatable bonds is 7. The molecule has 0 aliphatic heterocycles. The van der Waals surface area contributed by atoms with Gasteiger partial charge in [-0.1, -0.05) is 0 Å². The summed E-state index contributed by atoms with van der Waals surface area (Å²) in [5, 5.41) is 11.6. The fourth-order valence-electron chi connectivity index (χ4n) is 2.09. The highest BCUT2D eigenvalue weighted by molar-refractivity contribution is 6.01. The molecule has 1 amide bonds. The molecule has 1 heterocycles. The Morgan fingerprint density at radius 1 is 1.12 bits per heavy atom. The van der Waals surface area contributed by atoms with Gasteiger partial charge in [0.15, 0.2) is 17.3 Å². The van der Waals surface area contributed by atoms with Gasteiger partial charge in [-0.2, -0.15) is 0 Å². The number of aliphatic carboxylic acids is 1. The summed E-state index contributed by atoms with van der Waals surface area (Å²) in [5.74, 6) is -0.902. The van der Waals surface area contributed by atoms with Crippen molar-refractivity contribution in [1.29, 1.82) is 0 Å². The summed E-state index contributed by atoms with van der Waals surface area (Å²) >= 11 is 0. The Morgan fingerprint density at radius 2 is 1.76 bits per heavy atom. The molecule has 0 fully saturated rings. The van der Waals surface area contributed by atoms with E-state index < -0.39 is 11.9 Å². The molecule has 0 unspecified atom stereocenters.